The van der Waals surface area contributed by atoms with Gasteiger partial charge in [-0.2, -0.15) is 5.26 Å². The number of nitrogens with zero attached hydrogens (tertiary/aromatic N) is 2. The number of carboxylic acids is 1. The number of rotatable bonds is 5. The van der Waals surface area contributed by atoms with E-state index in [1.165, 1.54) is 4.90 Å². The van der Waals surface area contributed by atoms with Gasteiger partial charge in [-0.15, -0.1) is 0 Å². The van der Waals surface area contributed by atoms with Gasteiger partial charge in [0.25, 0.3) is 0 Å². The molecule has 0 aromatic carbocycles. The molecule has 100 valence electrons. The Bertz CT molecular complexity index is 341. The average Bonchev–Trinajstić information content (AvgIpc) is 2.37. The molecule has 0 spiro atoms. The second-order valence-corrected chi connectivity index (χ2v) is 3.61. The third-order valence-corrected chi connectivity index (χ3v) is 2.25. The molecule has 0 aromatic rings. The molecule has 0 aliphatic carbocycles. The van der Waals surface area contributed by atoms with E-state index >= 15 is 0 Å². The summed E-state index contributed by atoms with van der Waals surface area (Å²) in [6.07, 6.45) is -0.590. The molecule has 1 heterocycles. The van der Waals surface area contributed by atoms with Gasteiger partial charge in [-0.3, -0.25) is 0 Å². The Morgan fingerprint density at radius 1 is 1.61 bits per heavy atom. The number of nitrogens with one attached hydrogen (secondary N) is 1. The van der Waals surface area contributed by atoms with Crippen molar-refractivity contribution in [2.45, 2.75) is 6.10 Å². The van der Waals surface area contributed by atoms with Crippen LogP contribution in [-0.2, 0) is 14.3 Å². The van der Waals surface area contributed by atoms with E-state index in [1.54, 1.807) is 0 Å². The SMILES string of the molecule is N#CC1CN(C(=O)NCCOCC(=O)O)CCO1. The zero-order valence-corrected chi connectivity index (χ0v) is 9.79. The van der Waals surface area contributed by atoms with E-state index in [0.29, 0.717) is 13.2 Å². The highest BCUT2D eigenvalue weighted by Crippen LogP contribution is 2.03. The monoisotopic (exact) mass is 257 g/mol. The summed E-state index contributed by atoms with van der Waals surface area (Å²) in [5, 5.41) is 19.6. The quantitative estimate of drug-likeness (QED) is 0.612. The lowest BCUT2D eigenvalue weighted by atomic mass is 10.3. The summed E-state index contributed by atoms with van der Waals surface area (Å²) >= 11 is 0. The van der Waals surface area contributed by atoms with Crippen LogP contribution in [0.25, 0.3) is 0 Å². The summed E-state index contributed by atoms with van der Waals surface area (Å²) < 4.78 is 9.87. The van der Waals surface area contributed by atoms with E-state index < -0.39 is 12.1 Å². The molecule has 1 atom stereocenters. The molecular formula is C10H15N3O5. The first-order valence-electron chi connectivity index (χ1n) is 5.47. The van der Waals surface area contributed by atoms with E-state index in [1.807, 2.05) is 6.07 Å². The average molecular weight is 257 g/mol. The van der Waals surface area contributed by atoms with E-state index in [4.69, 9.17) is 19.8 Å². The largest absolute Gasteiger partial charge is 0.480 e. The smallest absolute Gasteiger partial charge is 0.329 e. The van der Waals surface area contributed by atoms with Crippen molar-refractivity contribution in [2.24, 2.45) is 0 Å². The molecule has 8 heteroatoms. The Morgan fingerprint density at radius 2 is 2.39 bits per heavy atom. The van der Waals surface area contributed by atoms with Crippen molar-refractivity contribution in [1.29, 1.82) is 5.26 Å². The van der Waals surface area contributed by atoms with Crippen LogP contribution in [0.2, 0.25) is 0 Å². The Labute approximate surface area is 104 Å². The van der Waals surface area contributed by atoms with Gasteiger partial charge in [-0.25, -0.2) is 9.59 Å². The van der Waals surface area contributed by atoms with Crippen molar-refractivity contribution >= 4 is 12.0 Å². The predicted molar refractivity (Wildman–Crippen MR) is 58.8 cm³/mol. The third-order valence-electron chi connectivity index (χ3n) is 2.25. The normalized spacial score (nSPS) is 19.1. The molecule has 18 heavy (non-hydrogen) atoms. The summed E-state index contributed by atoms with van der Waals surface area (Å²) in [5.41, 5.74) is 0. The summed E-state index contributed by atoms with van der Waals surface area (Å²) in [7, 11) is 0. The summed E-state index contributed by atoms with van der Waals surface area (Å²) in [6, 6.07) is 1.64. The highest BCUT2D eigenvalue weighted by molar-refractivity contribution is 5.74. The number of urea groups is 1. The summed E-state index contributed by atoms with van der Waals surface area (Å²) in [6.45, 7) is 0.966. The van der Waals surface area contributed by atoms with E-state index in [2.05, 4.69) is 5.32 Å². The molecule has 1 aliphatic heterocycles. The molecule has 1 unspecified atom stereocenters. The van der Waals surface area contributed by atoms with Gasteiger partial charge in [0.05, 0.1) is 25.8 Å². The van der Waals surface area contributed by atoms with Gasteiger partial charge in [0.2, 0.25) is 0 Å². The molecule has 0 aromatic heterocycles. The lowest BCUT2D eigenvalue weighted by Crippen LogP contribution is -2.49. The minimum Gasteiger partial charge on any atom is -0.480 e. The third kappa shape index (κ3) is 4.99. The molecule has 0 bridgehead atoms. The molecule has 1 fully saturated rings. The minimum atomic E-state index is -1.05. The fourth-order valence-electron chi connectivity index (χ4n) is 1.41. The number of morpholine rings is 1. The maximum atomic E-state index is 11.6. The first kappa shape index (κ1) is 14.2. The number of aliphatic carboxylic acids is 1. The van der Waals surface area contributed by atoms with Crippen LogP contribution in [0.3, 0.4) is 0 Å². The Balaban J connectivity index is 2.16. The fourth-order valence-corrected chi connectivity index (χ4v) is 1.41. The van der Waals surface area contributed by atoms with Crippen LogP contribution in [-0.4, -0.2) is 67.6 Å². The number of carboxylic acid groups (broad SMARTS) is 1. The number of nitriles is 1. The van der Waals surface area contributed by atoms with Crippen LogP contribution in [0.4, 0.5) is 4.79 Å². The summed E-state index contributed by atoms with van der Waals surface area (Å²) in [4.78, 5) is 23.3. The van der Waals surface area contributed by atoms with Crippen molar-refractivity contribution in [3.8, 4) is 6.07 Å². The second-order valence-electron chi connectivity index (χ2n) is 3.61. The van der Waals surface area contributed by atoms with Crippen molar-refractivity contribution < 1.29 is 24.2 Å². The summed E-state index contributed by atoms with van der Waals surface area (Å²) in [5.74, 6) is -1.05. The maximum absolute atomic E-state index is 11.6. The number of carbonyl (C=O) groups is 2. The van der Waals surface area contributed by atoms with Crippen LogP contribution in [0, 0.1) is 11.3 Å². The molecular weight excluding hydrogens is 242 g/mol. The van der Waals surface area contributed by atoms with Gasteiger partial charge in [-0.05, 0) is 0 Å². The van der Waals surface area contributed by atoms with Crippen LogP contribution in [0.1, 0.15) is 0 Å². The van der Waals surface area contributed by atoms with E-state index in [0.717, 1.165) is 0 Å². The van der Waals surface area contributed by atoms with Crippen LogP contribution in [0.5, 0.6) is 0 Å². The van der Waals surface area contributed by atoms with Crippen molar-refractivity contribution in [3.63, 3.8) is 0 Å². The molecule has 2 N–H and O–H groups in total. The van der Waals surface area contributed by atoms with Gasteiger partial charge in [-0.1, -0.05) is 0 Å². The molecule has 2 amide bonds. The zero-order chi connectivity index (χ0) is 13.4. The van der Waals surface area contributed by atoms with E-state index in [9.17, 15) is 9.59 Å². The fraction of sp³-hybridized carbons (Fsp3) is 0.700. The standard InChI is InChI=1S/C10H15N3O5/c11-5-8-6-13(2-4-18-8)10(16)12-1-3-17-7-9(14)15/h8H,1-4,6-7H2,(H,12,16)(H,14,15). The molecule has 1 saturated heterocycles. The van der Waals surface area contributed by atoms with Crippen molar-refractivity contribution in [1.82, 2.24) is 10.2 Å². The molecule has 0 radical (unpaired) electrons. The van der Waals surface area contributed by atoms with Gasteiger partial charge < -0.3 is 24.8 Å². The van der Waals surface area contributed by atoms with Crippen LogP contribution in [0.15, 0.2) is 0 Å². The molecule has 1 rings (SSSR count). The highest BCUT2D eigenvalue weighted by atomic mass is 16.5. The van der Waals surface area contributed by atoms with Gasteiger partial charge in [0, 0.05) is 13.1 Å². The number of hydrogen-bond donors (Lipinski definition) is 2. The molecule has 1 aliphatic rings. The lowest BCUT2D eigenvalue weighted by Gasteiger charge is -2.29. The zero-order valence-electron chi connectivity index (χ0n) is 9.79. The molecule has 0 saturated carbocycles. The van der Waals surface area contributed by atoms with Crippen LogP contribution < -0.4 is 5.32 Å². The Kier molecular flexibility index (Phi) is 5.90. The van der Waals surface area contributed by atoms with Gasteiger partial charge >= 0.3 is 12.0 Å². The first-order valence-corrected chi connectivity index (χ1v) is 5.47. The second kappa shape index (κ2) is 7.47. The maximum Gasteiger partial charge on any atom is 0.329 e. The predicted octanol–water partition coefficient (Wildman–Crippen LogP) is -0.978. The topological polar surface area (TPSA) is 112 Å². The number of amides is 2. The number of hydrogen-bond acceptors (Lipinski definition) is 5. The van der Waals surface area contributed by atoms with Crippen LogP contribution >= 0.6 is 0 Å². The van der Waals surface area contributed by atoms with E-state index in [-0.39, 0.29) is 32.3 Å². The van der Waals surface area contributed by atoms with Crippen molar-refractivity contribution in [2.75, 3.05) is 39.5 Å². The minimum absolute atomic E-state index is 0.129. The first-order chi connectivity index (χ1) is 8.63. The Morgan fingerprint density at radius 3 is 3.06 bits per heavy atom. The Hall–Kier alpha value is -1.85. The highest BCUT2D eigenvalue weighted by Gasteiger charge is 2.23. The van der Waals surface area contributed by atoms with Gasteiger partial charge in [0.1, 0.15) is 6.61 Å². The number of ether oxygens (including phenoxy) is 2. The lowest BCUT2D eigenvalue weighted by molar-refractivity contribution is -0.142. The number of carbonyl (C=O) groups excluding carboxylic acids is 1. The molecule has 8 nitrogen and oxygen atoms in total. The van der Waals surface area contributed by atoms with Crippen molar-refractivity contribution in [3.05, 3.63) is 0 Å². The van der Waals surface area contributed by atoms with Gasteiger partial charge in [0.15, 0.2) is 6.10 Å².